The number of halogens is 3. The normalized spacial score (nSPS) is 11.2. The Balaban J connectivity index is 1.65. The summed E-state index contributed by atoms with van der Waals surface area (Å²) in [6.07, 6.45) is -4.08. The maximum atomic E-state index is 12.8. The van der Waals surface area contributed by atoms with Gasteiger partial charge in [0.25, 0.3) is 5.91 Å². The zero-order valence-corrected chi connectivity index (χ0v) is 16.5. The summed E-state index contributed by atoms with van der Waals surface area (Å²) in [5, 5.41) is 11.4. The molecule has 2 aromatic carbocycles. The molecule has 3 rings (SSSR count). The highest BCUT2D eigenvalue weighted by Crippen LogP contribution is 2.29. The number of amides is 1. The molecule has 0 aliphatic rings. The van der Waals surface area contributed by atoms with Crippen molar-refractivity contribution in [2.24, 2.45) is 0 Å². The van der Waals surface area contributed by atoms with Gasteiger partial charge in [0.15, 0.2) is 0 Å². The molecular formula is C23H21F3N2O3. The molecule has 31 heavy (non-hydrogen) atoms. The molecule has 0 aliphatic heterocycles. The zero-order valence-electron chi connectivity index (χ0n) is 16.5. The number of aliphatic hydroxyl groups is 1. The number of benzene rings is 2. The van der Waals surface area contributed by atoms with Gasteiger partial charge >= 0.3 is 6.18 Å². The van der Waals surface area contributed by atoms with Crippen LogP contribution < -0.4 is 10.1 Å². The Morgan fingerprint density at radius 1 is 1.03 bits per heavy atom. The summed E-state index contributed by atoms with van der Waals surface area (Å²) in [4.78, 5) is 16.5. The summed E-state index contributed by atoms with van der Waals surface area (Å²) in [6.45, 7) is 0.185. The van der Waals surface area contributed by atoms with Gasteiger partial charge in [-0.1, -0.05) is 36.4 Å². The summed E-state index contributed by atoms with van der Waals surface area (Å²) in [6, 6.07) is 17.2. The number of carbonyl (C=O) groups excluding carboxylic acids is 1. The van der Waals surface area contributed by atoms with E-state index in [1.807, 2.05) is 0 Å². The fourth-order valence-electron chi connectivity index (χ4n) is 2.92. The van der Waals surface area contributed by atoms with E-state index in [2.05, 4.69) is 10.3 Å². The number of carbonyl (C=O) groups is 1. The van der Waals surface area contributed by atoms with E-state index in [4.69, 9.17) is 9.84 Å². The van der Waals surface area contributed by atoms with Crippen molar-refractivity contribution in [3.05, 3.63) is 83.4 Å². The maximum Gasteiger partial charge on any atom is 0.416 e. The standard InChI is InChI=1S/C23H21F3N2O3/c24-23(25,26)19-7-1-4-16(14-19)10-13-31-21-9-3-8-20(28-21)17-5-2-6-18(15-17)22(30)27-11-12-29/h1-9,14-15,29H,10-13H2,(H,27,30). The predicted octanol–water partition coefficient (Wildman–Crippen LogP) is 4.11. The highest BCUT2D eigenvalue weighted by molar-refractivity contribution is 5.95. The average Bonchev–Trinajstić information content (AvgIpc) is 2.77. The van der Waals surface area contributed by atoms with E-state index in [0.717, 1.165) is 12.1 Å². The van der Waals surface area contributed by atoms with Crippen molar-refractivity contribution in [1.29, 1.82) is 0 Å². The smallest absolute Gasteiger partial charge is 0.416 e. The molecule has 0 unspecified atom stereocenters. The van der Waals surface area contributed by atoms with Crippen LogP contribution in [0.5, 0.6) is 5.88 Å². The summed E-state index contributed by atoms with van der Waals surface area (Å²) in [7, 11) is 0. The molecule has 0 atom stereocenters. The number of nitrogens with zero attached hydrogens (tertiary/aromatic N) is 1. The van der Waals surface area contributed by atoms with Gasteiger partial charge in [-0.05, 0) is 29.8 Å². The third-order valence-corrected chi connectivity index (χ3v) is 4.44. The SMILES string of the molecule is O=C(NCCO)c1cccc(-c2cccc(OCCc3cccc(C(F)(F)F)c3)n2)c1. The van der Waals surface area contributed by atoms with Gasteiger partial charge in [0, 0.05) is 30.2 Å². The molecule has 0 fully saturated rings. The average molecular weight is 430 g/mol. The summed E-state index contributed by atoms with van der Waals surface area (Å²) in [5.41, 5.74) is 1.57. The van der Waals surface area contributed by atoms with Gasteiger partial charge in [-0.25, -0.2) is 4.98 Å². The number of ether oxygens (including phenoxy) is 1. The van der Waals surface area contributed by atoms with Gasteiger partial charge in [-0.3, -0.25) is 4.79 Å². The van der Waals surface area contributed by atoms with E-state index in [1.54, 1.807) is 48.5 Å². The number of rotatable bonds is 8. The van der Waals surface area contributed by atoms with Gasteiger partial charge in [-0.2, -0.15) is 13.2 Å². The zero-order chi connectivity index (χ0) is 22.3. The Bertz CT molecular complexity index is 1040. The topological polar surface area (TPSA) is 71.5 Å². The van der Waals surface area contributed by atoms with Crippen LogP contribution in [0.2, 0.25) is 0 Å². The largest absolute Gasteiger partial charge is 0.477 e. The minimum Gasteiger partial charge on any atom is -0.477 e. The van der Waals surface area contributed by atoms with Gasteiger partial charge in [0.1, 0.15) is 0 Å². The number of nitrogens with one attached hydrogen (secondary N) is 1. The van der Waals surface area contributed by atoms with E-state index in [9.17, 15) is 18.0 Å². The molecule has 2 N–H and O–H groups in total. The van der Waals surface area contributed by atoms with E-state index in [0.29, 0.717) is 34.7 Å². The van der Waals surface area contributed by atoms with Crippen LogP contribution in [0.25, 0.3) is 11.3 Å². The van der Waals surface area contributed by atoms with Crippen molar-refractivity contribution in [2.45, 2.75) is 12.6 Å². The lowest BCUT2D eigenvalue weighted by Crippen LogP contribution is -2.26. The van der Waals surface area contributed by atoms with Crippen LogP contribution in [-0.2, 0) is 12.6 Å². The molecule has 1 amide bonds. The van der Waals surface area contributed by atoms with Gasteiger partial charge in [0.2, 0.25) is 5.88 Å². The fraction of sp³-hybridized carbons (Fsp3) is 0.217. The van der Waals surface area contributed by atoms with E-state index in [-0.39, 0.29) is 25.7 Å². The molecular weight excluding hydrogens is 409 g/mol. The maximum absolute atomic E-state index is 12.8. The quantitative estimate of drug-likeness (QED) is 0.564. The molecule has 162 valence electrons. The van der Waals surface area contributed by atoms with Gasteiger partial charge in [-0.15, -0.1) is 0 Å². The van der Waals surface area contributed by atoms with E-state index >= 15 is 0 Å². The van der Waals surface area contributed by atoms with Crippen molar-refractivity contribution < 1.29 is 27.8 Å². The monoisotopic (exact) mass is 430 g/mol. The minimum atomic E-state index is -4.38. The van der Waals surface area contributed by atoms with Crippen molar-refractivity contribution >= 4 is 5.91 Å². The summed E-state index contributed by atoms with van der Waals surface area (Å²) >= 11 is 0. The number of alkyl halides is 3. The Morgan fingerprint density at radius 3 is 2.58 bits per heavy atom. The Hall–Kier alpha value is -3.39. The lowest BCUT2D eigenvalue weighted by molar-refractivity contribution is -0.137. The lowest BCUT2D eigenvalue weighted by atomic mass is 10.1. The second-order valence-corrected chi connectivity index (χ2v) is 6.72. The molecule has 3 aromatic rings. The first kappa shape index (κ1) is 22.3. The third-order valence-electron chi connectivity index (χ3n) is 4.44. The molecule has 0 aliphatic carbocycles. The van der Waals surface area contributed by atoms with Gasteiger partial charge < -0.3 is 15.2 Å². The summed E-state index contributed by atoms with van der Waals surface area (Å²) in [5.74, 6) is 0.0315. The molecule has 0 saturated carbocycles. The van der Waals surface area contributed by atoms with Crippen molar-refractivity contribution in [2.75, 3.05) is 19.8 Å². The Morgan fingerprint density at radius 2 is 1.81 bits per heavy atom. The Kier molecular flexibility index (Phi) is 7.25. The molecule has 5 nitrogen and oxygen atoms in total. The third kappa shape index (κ3) is 6.29. The van der Waals surface area contributed by atoms with Crippen LogP contribution in [0.4, 0.5) is 13.2 Å². The predicted molar refractivity (Wildman–Crippen MR) is 110 cm³/mol. The second-order valence-electron chi connectivity index (χ2n) is 6.72. The van der Waals surface area contributed by atoms with E-state index in [1.165, 1.54) is 6.07 Å². The van der Waals surface area contributed by atoms with Crippen LogP contribution in [0.15, 0.2) is 66.7 Å². The summed E-state index contributed by atoms with van der Waals surface area (Å²) < 4.78 is 44.1. The van der Waals surface area contributed by atoms with Crippen LogP contribution in [0.3, 0.4) is 0 Å². The molecule has 0 spiro atoms. The molecule has 1 heterocycles. The minimum absolute atomic E-state index is 0.146. The lowest BCUT2D eigenvalue weighted by Gasteiger charge is -2.10. The number of hydrogen-bond donors (Lipinski definition) is 2. The molecule has 1 aromatic heterocycles. The molecule has 0 radical (unpaired) electrons. The number of pyridine rings is 1. The highest BCUT2D eigenvalue weighted by atomic mass is 19.4. The fourth-order valence-corrected chi connectivity index (χ4v) is 2.92. The van der Waals surface area contributed by atoms with Gasteiger partial charge in [0.05, 0.1) is 24.5 Å². The number of hydrogen-bond acceptors (Lipinski definition) is 4. The first-order valence-electron chi connectivity index (χ1n) is 9.62. The second kappa shape index (κ2) is 10.1. The molecule has 0 saturated heterocycles. The first-order valence-corrected chi connectivity index (χ1v) is 9.62. The Labute approximate surface area is 177 Å². The van der Waals surface area contributed by atoms with Crippen LogP contribution in [0, 0.1) is 0 Å². The van der Waals surface area contributed by atoms with Crippen LogP contribution in [-0.4, -0.2) is 35.8 Å². The van der Waals surface area contributed by atoms with Crippen molar-refractivity contribution in [3.63, 3.8) is 0 Å². The highest BCUT2D eigenvalue weighted by Gasteiger charge is 2.30. The van der Waals surface area contributed by atoms with Crippen LogP contribution >= 0.6 is 0 Å². The van der Waals surface area contributed by atoms with Crippen molar-refractivity contribution in [1.82, 2.24) is 10.3 Å². The molecule has 0 bridgehead atoms. The number of aromatic nitrogens is 1. The number of aliphatic hydroxyl groups excluding tert-OH is 1. The van der Waals surface area contributed by atoms with Crippen LogP contribution in [0.1, 0.15) is 21.5 Å². The van der Waals surface area contributed by atoms with Crippen molar-refractivity contribution in [3.8, 4) is 17.1 Å². The molecule has 8 heteroatoms. The van der Waals surface area contributed by atoms with E-state index < -0.39 is 11.7 Å². The first-order chi connectivity index (χ1) is 14.9.